The molecule has 208 valence electrons. The van der Waals surface area contributed by atoms with Crippen LogP contribution in [-0.2, 0) is 9.59 Å². The van der Waals surface area contributed by atoms with Crippen molar-refractivity contribution in [1.29, 1.82) is 5.26 Å². The van der Waals surface area contributed by atoms with E-state index in [9.17, 15) is 19.2 Å². The number of nitrogens with zero attached hydrogens (tertiary/aromatic N) is 4. The number of aromatic nitrogens is 2. The molecule has 1 aliphatic heterocycles. The fourth-order valence-electron chi connectivity index (χ4n) is 4.94. The van der Waals surface area contributed by atoms with Crippen LogP contribution in [0.4, 0.5) is 15.2 Å². The number of Topliss-reactive ketones (excluding diaryl/α,β-unsaturated/α-hetero) is 1. The van der Waals surface area contributed by atoms with Gasteiger partial charge in [-0.15, -0.1) is 10.2 Å². The Morgan fingerprint density at radius 3 is 2.66 bits per heavy atom. The summed E-state index contributed by atoms with van der Waals surface area (Å²) in [6.45, 7) is 4.06. The Morgan fingerprint density at radius 2 is 1.95 bits per heavy atom. The van der Waals surface area contributed by atoms with E-state index in [0.29, 0.717) is 39.3 Å². The SMILES string of the molecule is CC1(C)CC(=O)C2=C(C1)N(c1nnc(SCC(=O)Nc3ccc(F)cc3)s1)C(N)=C(C#N)C2/C=C/c1ccccc1. The Bertz CT molecular complexity index is 1620. The summed E-state index contributed by atoms with van der Waals surface area (Å²) in [7, 11) is 0. The van der Waals surface area contributed by atoms with Gasteiger partial charge in [0.2, 0.25) is 11.0 Å². The van der Waals surface area contributed by atoms with E-state index in [1.807, 2.05) is 56.3 Å². The highest BCUT2D eigenvalue weighted by atomic mass is 32.2. The van der Waals surface area contributed by atoms with Crippen molar-refractivity contribution in [2.75, 3.05) is 16.0 Å². The molecule has 1 aliphatic carbocycles. The molecule has 0 radical (unpaired) electrons. The second-order valence-corrected chi connectivity index (χ2v) is 12.7. The zero-order valence-corrected chi connectivity index (χ0v) is 24.1. The molecule has 0 saturated heterocycles. The van der Waals surface area contributed by atoms with Crippen LogP contribution in [0.5, 0.6) is 0 Å². The van der Waals surface area contributed by atoms with E-state index in [2.05, 4.69) is 21.6 Å². The highest BCUT2D eigenvalue weighted by Crippen LogP contribution is 2.48. The van der Waals surface area contributed by atoms with Gasteiger partial charge in [-0.25, -0.2) is 4.39 Å². The van der Waals surface area contributed by atoms with E-state index in [-0.39, 0.29) is 40.1 Å². The summed E-state index contributed by atoms with van der Waals surface area (Å²) in [6, 6.07) is 17.4. The number of anilines is 2. The van der Waals surface area contributed by atoms with Crippen molar-refractivity contribution in [3.8, 4) is 6.07 Å². The third kappa shape index (κ3) is 6.24. The van der Waals surface area contributed by atoms with Crippen LogP contribution in [0.25, 0.3) is 6.08 Å². The molecule has 0 spiro atoms. The van der Waals surface area contributed by atoms with Gasteiger partial charge in [0.05, 0.1) is 17.4 Å². The van der Waals surface area contributed by atoms with Gasteiger partial charge in [0, 0.05) is 29.3 Å². The summed E-state index contributed by atoms with van der Waals surface area (Å²) >= 11 is 2.42. The molecule has 1 amide bonds. The zero-order valence-electron chi connectivity index (χ0n) is 22.4. The van der Waals surface area contributed by atoms with Gasteiger partial charge in [-0.1, -0.05) is 79.4 Å². The zero-order chi connectivity index (χ0) is 29.1. The highest BCUT2D eigenvalue weighted by molar-refractivity contribution is 8.01. The Kier molecular flexibility index (Phi) is 8.06. The molecular weight excluding hydrogens is 560 g/mol. The molecule has 5 rings (SSSR count). The molecule has 3 aromatic rings. The van der Waals surface area contributed by atoms with E-state index in [1.54, 1.807) is 4.90 Å². The quantitative estimate of drug-likeness (QED) is 0.328. The van der Waals surface area contributed by atoms with E-state index in [1.165, 1.54) is 47.4 Å². The van der Waals surface area contributed by atoms with Crippen LogP contribution in [0.2, 0.25) is 0 Å². The van der Waals surface area contributed by atoms with Gasteiger partial charge >= 0.3 is 0 Å². The smallest absolute Gasteiger partial charge is 0.234 e. The first-order chi connectivity index (χ1) is 19.6. The fraction of sp³-hybridized carbons (Fsp3) is 0.233. The summed E-state index contributed by atoms with van der Waals surface area (Å²) in [6.07, 6.45) is 4.68. The molecular formula is C30H27FN6O2S2. The summed E-state index contributed by atoms with van der Waals surface area (Å²) in [4.78, 5) is 27.7. The van der Waals surface area contributed by atoms with E-state index in [0.717, 1.165) is 5.56 Å². The average molecular weight is 587 g/mol. The molecule has 41 heavy (non-hydrogen) atoms. The number of rotatable bonds is 7. The van der Waals surface area contributed by atoms with Crippen LogP contribution in [0.15, 0.2) is 87.7 Å². The molecule has 2 heterocycles. The van der Waals surface area contributed by atoms with Crippen LogP contribution in [0.1, 0.15) is 32.3 Å². The number of halogens is 1. The van der Waals surface area contributed by atoms with Gasteiger partial charge in [0.25, 0.3) is 0 Å². The molecule has 0 bridgehead atoms. The van der Waals surface area contributed by atoms with Crippen LogP contribution >= 0.6 is 23.1 Å². The Morgan fingerprint density at radius 1 is 1.22 bits per heavy atom. The lowest BCUT2D eigenvalue weighted by Crippen LogP contribution is -2.42. The van der Waals surface area contributed by atoms with Gasteiger partial charge in [-0.2, -0.15) is 5.26 Å². The minimum Gasteiger partial charge on any atom is -0.384 e. The number of thioether (sulfide) groups is 1. The van der Waals surface area contributed by atoms with Crippen LogP contribution in [0, 0.1) is 28.5 Å². The topological polar surface area (TPSA) is 125 Å². The maximum absolute atomic E-state index is 13.6. The molecule has 1 atom stereocenters. The first-order valence-electron chi connectivity index (χ1n) is 12.9. The molecule has 2 aliphatic rings. The number of benzene rings is 2. The molecule has 1 unspecified atom stereocenters. The van der Waals surface area contributed by atoms with E-state index in [4.69, 9.17) is 5.73 Å². The Labute approximate surface area is 245 Å². The lowest BCUT2D eigenvalue weighted by Gasteiger charge is -2.41. The van der Waals surface area contributed by atoms with Crippen LogP contribution in [0.3, 0.4) is 0 Å². The van der Waals surface area contributed by atoms with Crippen molar-refractivity contribution < 1.29 is 14.0 Å². The third-order valence-electron chi connectivity index (χ3n) is 6.75. The minimum absolute atomic E-state index is 0.0270. The lowest BCUT2D eigenvalue weighted by atomic mass is 9.70. The number of hydrogen-bond donors (Lipinski definition) is 2. The number of nitriles is 1. The summed E-state index contributed by atoms with van der Waals surface area (Å²) in [5.74, 6) is -0.995. The van der Waals surface area contributed by atoms with E-state index >= 15 is 0 Å². The molecule has 11 heteroatoms. The summed E-state index contributed by atoms with van der Waals surface area (Å²) < 4.78 is 13.7. The summed E-state index contributed by atoms with van der Waals surface area (Å²) in [5.41, 5.74) is 9.30. The van der Waals surface area contributed by atoms with Gasteiger partial charge in [-0.05, 0) is 41.7 Å². The Balaban J connectivity index is 1.43. The van der Waals surface area contributed by atoms with Crippen molar-refractivity contribution in [2.45, 2.75) is 31.0 Å². The number of nitrogens with one attached hydrogen (secondary N) is 1. The largest absolute Gasteiger partial charge is 0.384 e. The van der Waals surface area contributed by atoms with Crippen LogP contribution < -0.4 is 16.0 Å². The predicted molar refractivity (Wildman–Crippen MR) is 159 cm³/mol. The minimum atomic E-state index is -0.577. The monoisotopic (exact) mass is 586 g/mol. The number of nitrogens with two attached hydrogens (primary N) is 1. The standard InChI is InChI=1S/C30H27FN6O2S2/c1-30(2)14-23-26(24(38)15-30)21(13-8-18-6-4-3-5-7-18)22(16-32)27(33)37(23)28-35-36-29(41-28)40-17-25(39)34-20-11-9-19(31)10-12-20/h3-13,21H,14-15,17,33H2,1-2H3,(H,34,39)/b13-8+. The second-order valence-electron chi connectivity index (χ2n) is 10.5. The lowest BCUT2D eigenvalue weighted by molar-refractivity contribution is -0.118. The molecule has 2 aromatic carbocycles. The van der Waals surface area contributed by atoms with Crippen molar-refractivity contribution in [1.82, 2.24) is 10.2 Å². The van der Waals surface area contributed by atoms with Crippen molar-refractivity contribution in [2.24, 2.45) is 17.1 Å². The molecule has 3 N–H and O–H groups in total. The molecule has 0 saturated carbocycles. The maximum atomic E-state index is 13.6. The summed E-state index contributed by atoms with van der Waals surface area (Å²) in [5, 5.41) is 21.9. The number of amides is 1. The number of ketones is 1. The first kappa shape index (κ1) is 28.3. The molecule has 1 aromatic heterocycles. The second kappa shape index (κ2) is 11.7. The highest BCUT2D eigenvalue weighted by Gasteiger charge is 2.44. The number of hydrogen-bond acceptors (Lipinski definition) is 9. The normalized spacial score (nSPS) is 18.4. The predicted octanol–water partition coefficient (Wildman–Crippen LogP) is 5.89. The number of carbonyl (C=O) groups is 2. The Hall–Kier alpha value is -4.27. The van der Waals surface area contributed by atoms with Gasteiger partial charge in [0.1, 0.15) is 11.6 Å². The van der Waals surface area contributed by atoms with Gasteiger partial charge in [-0.3, -0.25) is 14.5 Å². The van der Waals surface area contributed by atoms with Gasteiger partial charge < -0.3 is 11.1 Å². The number of allylic oxidation sites excluding steroid dienone is 4. The van der Waals surface area contributed by atoms with Crippen molar-refractivity contribution in [3.63, 3.8) is 0 Å². The average Bonchev–Trinajstić information content (AvgIpc) is 3.40. The number of carbonyl (C=O) groups excluding carboxylic acids is 2. The third-order valence-corrected chi connectivity index (χ3v) is 8.79. The first-order valence-corrected chi connectivity index (χ1v) is 14.7. The maximum Gasteiger partial charge on any atom is 0.234 e. The molecule has 0 fully saturated rings. The van der Waals surface area contributed by atoms with Crippen molar-refractivity contribution in [3.05, 3.63) is 94.7 Å². The molecule has 8 nitrogen and oxygen atoms in total. The van der Waals surface area contributed by atoms with Crippen LogP contribution in [-0.4, -0.2) is 27.6 Å². The fourth-order valence-corrected chi connectivity index (χ4v) is 6.62. The van der Waals surface area contributed by atoms with E-state index < -0.39 is 5.92 Å². The van der Waals surface area contributed by atoms with Gasteiger partial charge in [0.15, 0.2) is 10.1 Å². The van der Waals surface area contributed by atoms with Crippen molar-refractivity contribution >= 4 is 51.7 Å².